The van der Waals surface area contributed by atoms with Crippen molar-refractivity contribution in [1.29, 1.82) is 0 Å². The molecule has 0 aliphatic rings. The molecule has 0 saturated heterocycles. The molecule has 0 unspecified atom stereocenters. The minimum Gasteiger partial charge on any atom is -0.395 e. The Morgan fingerprint density at radius 2 is 1.56 bits per heavy atom. The fraction of sp³-hybridized carbons (Fsp3) is 0. The first-order valence-corrected chi connectivity index (χ1v) is 6.63. The summed E-state index contributed by atoms with van der Waals surface area (Å²) < 4.78 is 11.7. The maximum absolute atomic E-state index is 11.5. The van der Waals surface area contributed by atoms with E-state index in [1.807, 2.05) is 6.07 Å². The highest BCUT2D eigenvalue weighted by Crippen LogP contribution is 2.24. The summed E-state index contributed by atoms with van der Waals surface area (Å²) in [6.45, 7) is 0. The zero-order valence-corrected chi connectivity index (χ0v) is 12.3. The van der Waals surface area contributed by atoms with E-state index in [-0.39, 0.29) is 0 Å². The molecule has 3 nitrogen and oxygen atoms in total. The van der Waals surface area contributed by atoms with Crippen LogP contribution in [0.1, 0.15) is 0 Å². The lowest BCUT2D eigenvalue weighted by molar-refractivity contribution is 0.151. The molecule has 92 valence electrons. The normalized spacial score (nSPS) is 9.89. The first-order valence-electron chi connectivity index (χ1n) is 5.05. The second kappa shape index (κ2) is 6.02. The number of carbonyl (C=O) groups is 1. The van der Waals surface area contributed by atoms with Crippen LogP contribution in [0.25, 0.3) is 0 Å². The van der Waals surface area contributed by atoms with Crippen molar-refractivity contribution in [3.05, 3.63) is 57.5 Å². The molecule has 0 bridgehead atoms. The van der Waals surface area contributed by atoms with Crippen LogP contribution in [0.3, 0.4) is 0 Å². The molecule has 0 aliphatic heterocycles. The zero-order chi connectivity index (χ0) is 13.0. The molecule has 0 aliphatic carbocycles. The Bertz CT molecular complexity index is 552. The van der Waals surface area contributed by atoms with E-state index in [1.165, 1.54) is 0 Å². The Morgan fingerprint density at radius 1 is 0.889 bits per heavy atom. The highest BCUT2D eigenvalue weighted by Gasteiger charge is 2.09. The second-order valence-electron chi connectivity index (χ2n) is 3.34. The molecule has 0 amide bonds. The van der Waals surface area contributed by atoms with Crippen molar-refractivity contribution in [2.75, 3.05) is 0 Å². The highest BCUT2D eigenvalue weighted by molar-refractivity contribution is 9.10. The SMILES string of the molecule is O=C(Oc1ccc(Br)cc1)Oc1ccccc1Br. The van der Waals surface area contributed by atoms with E-state index >= 15 is 0 Å². The Labute approximate surface area is 121 Å². The zero-order valence-electron chi connectivity index (χ0n) is 9.10. The quantitative estimate of drug-likeness (QED) is 0.562. The number of rotatable bonds is 2. The van der Waals surface area contributed by atoms with Gasteiger partial charge in [0.05, 0.1) is 4.47 Å². The van der Waals surface area contributed by atoms with Gasteiger partial charge >= 0.3 is 6.16 Å². The van der Waals surface area contributed by atoms with E-state index in [0.717, 1.165) is 4.47 Å². The van der Waals surface area contributed by atoms with Gasteiger partial charge in [0.1, 0.15) is 11.5 Å². The fourth-order valence-corrected chi connectivity index (χ4v) is 1.87. The predicted octanol–water partition coefficient (Wildman–Crippen LogP) is 4.79. The molecule has 18 heavy (non-hydrogen) atoms. The summed E-state index contributed by atoms with van der Waals surface area (Å²) in [4.78, 5) is 11.5. The van der Waals surface area contributed by atoms with E-state index in [9.17, 15) is 4.79 Å². The van der Waals surface area contributed by atoms with E-state index in [2.05, 4.69) is 31.9 Å². The van der Waals surface area contributed by atoms with Gasteiger partial charge in [-0.15, -0.1) is 0 Å². The maximum atomic E-state index is 11.5. The molecule has 0 heterocycles. The largest absolute Gasteiger partial charge is 0.519 e. The number of halogens is 2. The third kappa shape index (κ3) is 3.58. The van der Waals surface area contributed by atoms with Gasteiger partial charge in [-0.05, 0) is 52.3 Å². The second-order valence-corrected chi connectivity index (χ2v) is 5.11. The summed E-state index contributed by atoms with van der Waals surface area (Å²) in [5, 5.41) is 0. The van der Waals surface area contributed by atoms with Gasteiger partial charge in [0, 0.05) is 4.47 Å². The molecule has 2 rings (SSSR count). The molecule has 0 fully saturated rings. The summed E-state index contributed by atoms with van der Waals surface area (Å²) >= 11 is 6.58. The number of hydrogen-bond acceptors (Lipinski definition) is 3. The molecule has 0 aromatic heterocycles. The third-order valence-electron chi connectivity index (χ3n) is 2.04. The van der Waals surface area contributed by atoms with Crippen molar-refractivity contribution in [2.45, 2.75) is 0 Å². The molecule has 2 aromatic rings. The average Bonchev–Trinajstić information content (AvgIpc) is 2.35. The first-order chi connectivity index (χ1) is 8.65. The van der Waals surface area contributed by atoms with Gasteiger partial charge in [-0.25, -0.2) is 4.79 Å². The lowest BCUT2D eigenvalue weighted by Crippen LogP contribution is -2.13. The number of hydrogen-bond donors (Lipinski definition) is 0. The summed E-state index contributed by atoms with van der Waals surface area (Å²) in [6.07, 6.45) is -0.774. The van der Waals surface area contributed by atoms with Gasteiger partial charge in [-0.2, -0.15) is 0 Å². The van der Waals surface area contributed by atoms with Crippen LogP contribution in [0.5, 0.6) is 11.5 Å². The van der Waals surface area contributed by atoms with Crippen molar-refractivity contribution in [2.24, 2.45) is 0 Å². The minimum atomic E-state index is -0.774. The van der Waals surface area contributed by atoms with Crippen LogP contribution in [0.4, 0.5) is 4.79 Å². The monoisotopic (exact) mass is 370 g/mol. The molecule has 2 aromatic carbocycles. The molecule has 0 atom stereocenters. The lowest BCUT2D eigenvalue weighted by atomic mass is 10.3. The van der Waals surface area contributed by atoms with Gasteiger partial charge < -0.3 is 9.47 Å². The van der Waals surface area contributed by atoms with Gasteiger partial charge in [-0.3, -0.25) is 0 Å². The summed E-state index contributed by atoms with van der Waals surface area (Å²) in [7, 11) is 0. The van der Waals surface area contributed by atoms with Crippen molar-refractivity contribution in [3.8, 4) is 11.5 Å². The molecule has 5 heteroatoms. The van der Waals surface area contributed by atoms with Gasteiger partial charge in [-0.1, -0.05) is 28.1 Å². The van der Waals surface area contributed by atoms with Crippen molar-refractivity contribution >= 4 is 38.0 Å². The van der Waals surface area contributed by atoms with Crippen LogP contribution in [0, 0.1) is 0 Å². The number of ether oxygens (including phenoxy) is 2. The topological polar surface area (TPSA) is 35.5 Å². The maximum Gasteiger partial charge on any atom is 0.519 e. The fourth-order valence-electron chi connectivity index (χ4n) is 1.24. The van der Waals surface area contributed by atoms with Crippen LogP contribution in [0.15, 0.2) is 57.5 Å². The number of carbonyl (C=O) groups excluding carboxylic acids is 1. The smallest absolute Gasteiger partial charge is 0.395 e. The van der Waals surface area contributed by atoms with Crippen molar-refractivity contribution in [1.82, 2.24) is 0 Å². The molecular weight excluding hydrogens is 364 g/mol. The summed E-state index contributed by atoms with van der Waals surface area (Å²) in [5.41, 5.74) is 0. The number of para-hydroxylation sites is 1. The highest BCUT2D eigenvalue weighted by atomic mass is 79.9. The van der Waals surface area contributed by atoms with E-state index in [0.29, 0.717) is 16.0 Å². The van der Waals surface area contributed by atoms with Gasteiger partial charge in [0.15, 0.2) is 0 Å². The molecule has 0 saturated carbocycles. The Kier molecular flexibility index (Phi) is 4.38. The van der Waals surface area contributed by atoms with Crippen LogP contribution in [-0.4, -0.2) is 6.16 Å². The van der Waals surface area contributed by atoms with Gasteiger partial charge in [0.2, 0.25) is 0 Å². The van der Waals surface area contributed by atoms with E-state index in [1.54, 1.807) is 42.5 Å². The van der Waals surface area contributed by atoms with Crippen molar-refractivity contribution in [3.63, 3.8) is 0 Å². The Hall–Kier alpha value is -1.33. The summed E-state index contributed by atoms with van der Waals surface area (Å²) in [5.74, 6) is 0.842. The first kappa shape index (κ1) is 13.1. The van der Waals surface area contributed by atoms with Crippen molar-refractivity contribution < 1.29 is 14.3 Å². The van der Waals surface area contributed by atoms with Crippen LogP contribution < -0.4 is 9.47 Å². The predicted molar refractivity (Wildman–Crippen MR) is 74.9 cm³/mol. The van der Waals surface area contributed by atoms with Crippen LogP contribution in [0.2, 0.25) is 0 Å². The summed E-state index contributed by atoms with van der Waals surface area (Å²) in [6, 6.07) is 14.0. The molecular formula is C13H8Br2O3. The standard InChI is InChI=1S/C13H8Br2O3/c14-9-5-7-10(8-6-9)17-13(16)18-12-4-2-1-3-11(12)15/h1-8H. The van der Waals surface area contributed by atoms with E-state index in [4.69, 9.17) is 9.47 Å². The lowest BCUT2D eigenvalue weighted by Gasteiger charge is -2.06. The van der Waals surface area contributed by atoms with E-state index < -0.39 is 6.16 Å². The minimum absolute atomic E-state index is 0.416. The molecule has 0 spiro atoms. The number of benzene rings is 2. The van der Waals surface area contributed by atoms with Crippen LogP contribution >= 0.6 is 31.9 Å². The Balaban J connectivity index is 2.01. The third-order valence-corrected chi connectivity index (χ3v) is 3.23. The van der Waals surface area contributed by atoms with Gasteiger partial charge in [0.25, 0.3) is 0 Å². The van der Waals surface area contributed by atoms with Crippen LogP contribution in [-0.2, 0) is 0 Å². The average molecular weight is 372 g/mol. The Morgan fingerprint density at radius 3 is 2.22 bits per heavy atom. The molecule has 0 radical (unpaired) electrons. The molecule has 0 N–H and O–H groups in total.